The third-order valence-corrected chi connectivity index (χ3v) is 7.81. The number of para-hydroxylation sites is 1. The molecule has 0 unspecified atom stereocenters. The lowest BCUT2D eigenvalue weighted by Crippen LogP contribution is -2.23. The average molecular weight is 602 g/mol. The van der Waals surface area contributed by atoms with Crippen molar-refractivity contribution in [2.24, 2.45) is 0 Å². The van der Waals surface area contributed by atoms with Gasteiger partial charge in [-0.1, -0.05) is 67.3 Å². The molecule has 3 heterocycles. The maximum absolute atomic E-state index is 13.4. The fourth-order valence-electron chi connectivity index (χ4n) is 4.69. The molecule has 0 N–H and O–H groups in total. The smallest absolute Gasteiger partial charge is 0.291 e. The third-order valence-electron chi connectivity index (χ3n) is 6.85. The second kappa shape index (κ2) is 12.9. The summed E-state index contributed by atoms with van der Waals surface area (Å²) in [6.45, 7) is 8.94. The Hall–Kier alpha value is -5.28. The SMILES string of the molecule is C=CCOc1ccc(-c2nn(-c3ccccc3)cc2/C=c2\sc3nc(/C=C/c4ccc(OCCC)cc4)nn3c2=O)c(C)c1. The van der Waals surface area contributed by atoms with Crippen LogP contribution in [0.1, 0.15) is 35.9 Å². The molecule has 0 atom stereocenters. The van der Waals surface area contributed by atoms with Crippen molar-refractivity contribution in [1.82, 2.24) is 24.4 Å². The Morgan fingerprint density at radius 3 is 2.48 bits per heavy atom. The topological polar surface area (TPSA) is 83.5 Å². The Balaban J connectivity index is 1.34. The molecule has 0 aliphatic carbocycles. The van der Waals surface area contributed by atoms with E-state index in [1.807, 2.05) is 103 Å². The van der Waals surface area contributed by atoms with Crippen molar-refractivity contribution in [1.29, 1.82) is 0 Å². The maximum Gasteiger partial charge on any atom is 0.291 e. The Kier molecular flexibility index (Phi) is 8.47. The van der Waals surface area contributed by atoms with Gasteiger partial charge in [-0.15, -0.1) is 5.10 Å². The number of aromatic nitrogens is 5. The average Bonchev–Trinajstić information content (AvgIpc) is 3.73. The molecule has 0 spiro atoms. The lowest BCUT2D eigenvalue weighted by atomic mass is 10.0. The second-order valence-electron chi connectivity index (χ2n) is 10.1. The summed E-state index contributed by atoms with van der Waals surface area (Å²) >= 11 is 1.30. The van der Waals surface area contributed by atoms with Gasteiger partial charge >= 0.3 is 0 Å². The lowest BCUT2D eigenvalue weighted by Gasteiger charge is -2.08. The van der Waals surface area contributed by atoms with Crippen molar-refractivity contribution in [2.45, 2.75) is 20.3 Å². The van der Waals surface area contributed by atoms with E-state index < -0.39 is 0 Å². The monoisotopic (exact) mass is 601 g/mol. The van der Waals surface area contributed by atoms with Crippen molar-refractivity contribution in [2.75, 3.05) is 13.2 Å². The molecule has 3 aromatic carbocycles. The highest BCUT2D eigenvalue weighted by Crippen LogP contribution is 2.30. The van der Waals surface area contributed by atoms with Crippen molar-refractivity contribution >= 4 is 34.5 Å². The molecule has 6 rings (SSSR count). The maximum atomic E-state index is 13.4. The predicted octanol–water partition coefficient (Wildman–Crippen LogP) is 6.38. The normalized spacial score (nSPS) is 11.9. The van der Waals surface area contributed by atoms with Crippen LogP contribution in [0.15, 0.2) is 96.4 Å². The van der Waals surface area contributed by atoms with E-state index in [9.17, 15) is 4.79 Å². The fourth-order valence-corrected chi connectivity index (χ4v) is 5.59. The summed E-state index contributed by atoms with van der Waals surface area (Å²) in [5.74, 6) is 2.07. The van der Waals surface area contributed by atoms with E-state index in [0.29, 0.717) is 28.5 Å². The molecule has 0 aliphatic rings. The lowest BCUT2D eigenvalue weighted by molar-refractivity contribution is 0.317. The van der Waals surface area contributed by atoms with Crippen LogP contribution in [0.2, 0.25) is 0 Å². The van der Waals surface area contributed by atoms with E-state index in [2.05, 4.69) is 23.6 Å². The van der Waals surface area contributed by atoms with E-state index >= 15 is 0 Å². The number of aryl methyl sites for hydroxylation is 1. The molecule has 3 aromatic heterocycles. The van der Waals surface area contributed by atoms with Crippen molar-refractivity contribution in [3.8, 4) is 28.4 Å². The summed E-state index contributed by atoms with van der Waals surface area (Å²) in [5, 5.41) is 9.39. The van der Waals surface area contributed by atoms with Crippen LogP contribution in [0.25, 0.3) is 40.1 Å². The number of nitrogens with zero attached hydrogens (tertiary/aromatic N) is 5. The quantitative estimate of drug-likeness (QED) is 0.160. The summed E-state index contributed by atoms with van der Waals surface area (Å²) in [4.78, 5) is 18.5. The number of rotatable bonds is 11. The van der Waals surface area contributed by atoms with Gasteiger partial charge in [-0.05, 0) is 79.1 Å². The highest BCUT2D eigenvalue weighted by atomic mass is 32.1. The molecule has 0 fully saturated rings. The zero-order chi connectivity index (χ0) is 30.5. The summed E-state index contributed by atoms with van der Waals surface area (Å²) in [5.41, 5.74) is 5.20. The van der Waals surface area contributed by atoms with Gasteiger partial charge in [-0.25, -0.2) is 4.68 Å². The summed E-state index contributed by atoms with van der Waals surface area (Å²) in [6.07, 6.45) is 10.2. The molecule has 220 valence electrons. The highest BCUT2D eigenvalue weighted by molar-refractivity contribution is 7.15. The molecule has 0 amide bonds. The van der Waals surface area contributed by atoms with E-state index in [-0.39, 0.29) is 5.56 Å². The van der Waals surface area contributed by atoms with Crippen LogP contribution in [-0.4, -0.2) is 37.6 Å². The Morgan fingerprint density at radius 1 is 0.955 bits per heavy atom. The molecule has 0 saturated carbocycles. The highest BCUT2D eigenvalue weighted by Gasteiger charge is 2.16. The first kappa shape index (κ1) is 28.8. The molecule has 9 heteroatoms. The van der Waals surface area contributed by atoms with Gasteiger partial charge in [0.2, 0.25) is 4.96 Å². The zero-order valence-corrected chi connectivity index (χ0v) is 25.3. The predicted molar refractivity (Wildman–Crippen MR) is 177 cm³/mol. The largest absolute Gasteiger partial charge is 0.494 e. The minimum atomic E-state index is -0.224. The molecule has 0 saturated heterocycles. The van der Waals surface area contributed by atoms with Gasteiger partial charge in [0, 0.05) is 17.3 Å². The Morgan fingerprint density at radius 2 is 1.75 bits per heavy atom. The van der Waals surface area contributed by atoms with Gasteiger partial charge in [0.05, 0.1) is 16.8 Å². The minimum absolute atomic E-state index is 0.224. The van der Waals surface area contributed by atoms with Crippen LogP contribution >= 0.6 is 11.3 Å². The summed E-state index contributed by atoms with van der Waals surface area (Å²) in [6, 6.07) is 23.6. The van der Waals surface area contributed by atoms with Crippen molar-refractivity contribution < 1.29 is 9.47 Å². The van der Waals surface area contributed by atoms with Gasteiger partial charge < -0.3 is 9.47 Å². The number of hydrogen-bond acceptors (Lipinski definition) is 7. The first-order chi connectivity index (χ1) is 21.5. The molecule has 8 nitrogen and oxygen atoms in total. The van der Waals surface area contributed by atoms with Crippen LogP contribution in [0.3, 0.4) is 0 Å². The van der Waals surface area contributed by atoms with Crippen LogP contribution in [-0.2, 0) is 0 Å². The molecule has 0 aliphatic heterocycles. The molecular weight excluding hydrogens is 570 g/mol. The fraction of sp³-hybridized carbons (Fsp3) is 0.143. The molecule has 6 aromatic rings. The first-order valence-corrected chi connectivity index (χ1v) is 15.2. The van der Waals surface area contributed by atoms with E-state index in [1.165, 1.54) is 15.9 Å². The minimum Gasteiger partial charge on any atom is -0.494 e. The van der Waals surface area contributed by atoms with Gasteiger partial charge in [0.25, 0.3) is 5.56 Å². The standard InChI is InChI=1S/C35H31N5O3S/c1-4-19-42-28-14-11-25(12-15-28)13-18-32-36-35-40(37-32)34(41)31(44-35)22-26-23-39(27-9-7-6-8-10-27)38-33(26)30-17-16-29(21-24(30)3)43-20-5-2/h5-18,21-23H,2,4,19-20H2,1,3H3/b18-13+,31-22-. The first-order valence-electron chi connectivity index (χ1n) is 14.3. The summed E-state index contributed by atoms with van der Waals surface area (Å²) in [7, 11) is 0. The number of hydrogen-bond donors (Lipinski definition) is 0. The molecule has 0 bridgehead atoms. The van der Waals surface area contributed by atoms with Crippen molar-refractivity contribution in [3.63, 3.8) is 0 Å². The number of thiazole rings is 1. The number of benzene rings is 3. The van der Waals surface area contributed by atoms with E-state index in [1.54, 1.807) is 12.2 Å². The van der Waals surface area contributed by atoms with Gasteiger partial charge in [-0.2, -0.15) is 14.6 Å². The van der Waals surface area contributed by atoms with Gasteiger partial charge in [-0.3, -0.25) is 4.79 Å². The van der Waals surface area contributed by atoms with E-state index in [0.717, 1.165) is 51.6 Å². The van der Waals surface area contributed by atoms with Crippen molar-refractivity contribution in [3.05, 3.63) is 129 Å². The molecule has 0 radical (unpaired) electrons. The van der Waals surface area contributed by atoms with Gasteiger partial charge in [0.1, 0.15) is 23.8 Å². The number of fused-ring (bicyclic) bond motifs is 1. The van der Waals surface area contributed by atoms with Crippen LogP contribution in [0.4, 0.5) is 0 Å². The number of ether oxygens (including phenoxy) is 2. The Labute approximate surface area is 258 Å². The third kappa shape index (κ3) is 6.23. The molecule has 44 heavy (non-hydrogen) atoms. The van der Waals surface area contributed by atoms with E-state index in [4.69, 9.17) is 14.6 Å². The second-order valence-corrected chi connectivity index (χ2v) is 11.1. The molecular formula is C35H31N5O3S. The summed E-state index contributed by atoms with van der Waals surface area (Å²) < 4.78 is 15.1. The Bertz CT molecular complexity index is 2060. The van der Waals surface area contributed by atoms with Crippen LogP contribution in [0.5, 0.6) is 11.5 Å². The van der Waals surface area contributed by atoms with Crippen LogP contribution in [0, 0.1) is 6.92 Å². The van der Waals surface area contributed by atoms with Crippen LogP contribution < -0.4 is 19.6 Å². The zero-order valence-electron chi connectivity index (χ0n) is 24.5. The van der Waals surface area contributed by atoms with Gasteiger partial charge in [0.15, 0.2) is 5.82 Å².